The lowest BCUT2D eigenvalue weighted by Gasteiger charge is -2.08. The van der Waals surface area contributed by atoms with Crippen molar-refractivity contribution < 1.29 is 14.4 Å². The number of hydrogen-bond donors (Lipinski definition) is 3. The largest absolute Gasteiger partial charge is 0.392 e. The second-order valence-electron chi connectivity index (χ2n) is 3.80. The van der Waals surface area contributed by atoms with Gasteiger partial charge in [-0.1, -0.05) is 5.16 Å². The van der Waals surface area contributed by atoms with Crippen LogP contribution >= 0.6 is 0 Å². The van der Waals surface area contributed by atoms with Crippen molar-refractivity contribution in [3.8, 4) is 0 Å². The van der Waals surface area contributed by atoms with E-state index in [4.69, 9.17) is 4.52 Å². The molecule has 3 N–H and O–H groups in total. The Morgan fingerprint density at radius 1 is 1.75 bits per heavy atom. The van der Waals surface area contributed by atoms with Crippen molar-refractivity contribution in [3.63, 3.8) is 0 Å². The summed E-state index contributed by atoms with van der Waals surface area (Å²) in [5.74, 6) is 0.760. The smallest absolute Gasteiger partial charge is 0.246 e. The van der Waals surface area contributed by atoms with Gasteiger partial charge in [-0.2, -0.15) is 4.98 Å². The van der Waals surface area contributed by atoms with Gasteiger partial charge in [0.15, 0.2) is 5.82 Å². The summed E-state index contributed by atoms with van der Waals surface area (Å²) < 4.78 is 4.85. The molecule has 2 atom stereocenters. The molecule has 0 bridgehead atoms. The topological polar surface area (TPSA) is 100 Å². The van der Waals surface area contributed by atoms with Gasteiger partial charge in [0.25, 0.3) is 0 Å². The molecule has 2 heterocycles. The van der Waals surface area contributed by atoms with Crippen molar-refractivity contribution in [2.24, 2.45) is 0 Å². The van der Waals surface area contributed by atoms with Gasteiger partial charge in [-0.15, -0.1) is 0 Å². The number of β-amino-alcohol motifs (C(OH)–C–C–N with tert-alkyl or cyclic N) is 1. The number of amides is 1. The van der Waals surface area contributed by atoms with Crippen molar-refractivity contribution in [1.29, 1.82) is 0 Å². The van der Waals surface area contributed by atoms with Gasteiger partial charge in [-0.3, -0.25) is 4.79 Å². The maximum absolute atomic E-state index is 11.6. The molecule has 0 aromatic carbocycles. The molecular weight excluding hydrogens is 212 g/mol. The fourth-order valence-electron chi connectivity index (χ4n) is 1.61. The minimum Gasteiger partial charge on any atom is -0.392 e. The molecule has 16 heavy (non-hydrogen) atoms. The second-order valence-corrected chi connectivity index (χ2v) is 3.80. The SMILES string of the molecule is Cc1noc(CNC(=O)C2CC(O)CN2)n1. The summed E-state index contributed by atoms with van der Waals surface area (Å²) in [6, 6.07) is -0.334. The Labute approximate surface area is 92.2 Å². The standard InChI is InChI=1S/C9H14N4O3/c1-5-12-8(16-13-5)4-11-9(15)7-2-6(14)3-10-7/h6-7,10,14H,2-4H2,1H3,(H,11,15). The summed E-state index contributed by atoms with van der Waals surface area (Å²) in [6.45, 7) is 2.38. The lowest BCUT2D eigenvalue weighted by Crippen LogP contribution is -2.40. The first-order valence-corrected chi connectivity index (χ1v) is 5.13. The quantitative estimate of drug-likeness (QED) is 0.593. The highest BCUT2D eigenvalue weighted by Gasteiger charge is 2.27. The number of carbonyl (C=O) groups is 1. The Balaban J connectivity index is 1.80. The summed E-state index contributed by atoms with van der Waals surface area (Å²) in [6.07, 6.45) is -0.00397. The molecule has 1 fully saturated rings. The average molecular weight is 226 g/mol. The molecule has 1 aliphatic rings. The zero-order valence-corrected chi connectivity index (χ0v) is 8.93. The van der Waals surface area contributed by atoms with Crippen LogP contribution in [0.4, 0.5) is 0 Å². The van der Waals surface area contributed by atoms with Crippen LogP contribution in [-0.2, 0) is 11.3 Å². The lowest BCUT2D eigenvalue weighted by atomic mass is 10.2. The van der Waals surface area contributed by atoms with E-state index in [9.17, 15) is 9.90 Å². The predicted octanol–water partition coefficient (Wildman–Crippen LogP) is -1.28. The zero-order chi connectivity index (χ0) is 11.5. The summed E-state index contributed by atoms with van der Waals surface area (Å²) in [5.41, 5.74) is 0. The first kappa shape index (κ1) is 11.0. The molecule has 7 nitrogen and oxygen atoms in total. The Kier molecular flexibility index (Phi) is 3.16. The zero-order valence-electron chi connectivity index (χ0n) is 8.93. The number of hydrogen-bond acceptors (Lipinski definition) is 6. The van der Waals surface area contributed by atoms with Crippen LogP contribution in [0.15, 0.2) is 4.52 Å². The molecule has 0 spiro atoms. The first-order valence-electron chi connectivity index (χ1n) is 5.13. The third kappa shape index (κ3) is 2.56. The number of nitrogens with zero attached hydrogens (tertiary/aromatic N) is 2. The summed E-state index contributed by atoms with van der Waals surface area (Å²) in [7, 11) is 0. The van der Waals surface area contributed by atoms with E-state index in [-0.39, 0.29) is 18.5 Å². The molecule has 1 aromatic heterocycles. The van der Waals surface area contributed by atoms with E-state index in [1.807, 2.05) is 0 Å². The van der Waals surface area contributed by atoms with Crippen LogP contribution in [-0.4, -0.2) is 39.8 Å². The Hall–Kier alpha value is -1.47. The fourth-order valence-corrected chi connectivity index (χ4v) is 1.61. The lowest BCUT2D eigenvalue weighted by molar-refractivity contribution is -0.123. The molecule has 1 amide bonds. The van der Waals surface area contributed by atoms with Crippen LogP contribution in [0.5, 0.6) is 0 Å². The highest BCUT2D eigenvalue weighted by molar-refractivity contribution is 5.82. The van der Waals surface area contributed by atoms with Crippen LogP contribution in [0.3, 0.4) is 0 Å². The third-order valence-electron chi connectivity index (χ3n) is 2.41. The van der Waals surface area contributed by atoms with Gasteiger partial charge in [0.05, 0.1) is 18.7 Å². The molecule has 0 saturated carbocycles. The molecule has 0 radical (unpaired) electrons. The van der Waals surface area contributed by atoms with Gasteiger partial charge in [0.1, 0.15) is 0 Å². The Bertz CT molecular complexity index is 379. The van der Waals surface area contributed by atoms with E-state index >= 15 is 0 Å². The molecule has 2 rings (SSSR count). The average Bonchev–Trinajstić information content (AvgIpc) is 2.84. The second kappa shape index (κ2) is 4.58. The van der Waals surface area contributed by atoms with Gasteiger partial charge in [0.2, 0.25) is 11.8 Å². The highest BCUT2D eigenvalue weighted by Crippen LogP contribution is 2.06. The molecule has 0 aliphatic carbocycles. The van der Waals surface area contributed by atoms with Crippen molar-refractivity contribution >= 4 is 5.91 Å². The van der Waals surface area contributed by atoms with E-state index in [1.54, 1.807) is 6.92 Å². The number of aryl methyl sites for hydroxylation is 1. The van der Waals surface area contributed by atoms with E-state index in [2.05, 4.69) is 20.8 Å². The van der Waals surface area contributed by atoms with Crippen molar-refractivity contribution in [3.05, 3.63) is 11.7 Å². The minimum atomic E-state index is -0.443. The molecule has 88 valence electrons. The molecule has 2 unspecified atom stereocenters. The Morgan fingerprint density at radius 2 is 2.56 bits per heavy atom. The van der Waals surface area contributed by atoms with Gasteiger partial charge < -0.3 is 20.3 Å². The number of carbonyl (C=O) groups excluding carboxylic acids is 1. The van der Waals surface area contributed by atoms with Gasteiger partial charge >= 0.3 is 0 Å². The van der Waals surface area contributed by atoms with Crippen LogP contribution < -0.4 is 10.6 Å². The van der Waals surface area contributed by atoms with Gasteiger partial charge in [-0.25, -0.2) is 0 Å². The van der Waals surface area contributed by atoms with Gasteiger partial charge in [-0.05, 0) is 13.3 Å². The molecule has 1 aliphatic heterocycles. The third-order valence-corrected chi connectivity index (χ3v) is 2.41. The summed E-state index contributed by atoms with van der Waals surface area (Å²) in [5, 5.41) is 18.4. The minimum absolute atomic E-state index is 0.160. The molecule has 7 heteroatoms. The van der Waals surface area contributed by atoms with E-state index in [1.165, 1.54) is 0 Å². The molecule has 1 saturated heterocycles. The summed E-state index contributed by atoms with van der Waals surface area (Å²) >= 11 is 0. The van der Waals surface area contributed by atoms with Crippen LogP contribution in [0.25, 0.3) is 0 Å². The van der Waals surface area contributed by atoms with Crippen molar-refractivity contribution in [2.75, 3.05) is 6.54 Å². The predicted molar refractivity (Wildman–Crippen MR) is 53.3 cm³/mol. The number of rotatable bonds is 3. The van der Waals surface area contributed by atoms with Crippen LogP contribution in [0.1, 0.15) is 18.1 Å². The molecular formula is C9H14N4O3. The van der Waals surface area contributed by atoms with Crippen molar-refractivity contribution in [1.82, 2.24) is 20.8 Å². The van der Waals surface area contributed by atoms with E-state index < -0.39 is 6.10 Å². The van der Waals surface area contributed by atoms with Crippen molar-refractivity contribution in [2.45, 2.75) is 32.0 Å². The number of aliphatic hydroxyl groups is 1. The maximum Gasteiger partial charge on any atom is 0.246 e. The first-order chi connectivity index (χ1) is 7.65. The molecule has 1 aromatic rings. The van der Waals surface area contributed by atoms with E-state index in [0.717, 1.165) is 0 Å². The number of aliphatic hydroxyl groups excluding tert-OH is 1. The normalized spacial score (nSPS) is 24.6. The van der Waals surface area contributed by atoms with Gasteiger partial charge in [0, 0.05) is 6.54 Å². The number of nitrogens with one attached hydrogen (secondary N) is 2. The van der Waals surface area contributed by atoms with E-state index in [0.29, 0.717) is 24.7 Å². The maximum atomic E-state index is 11.6. The van der Waals surface area contributed by atoms with Crippen LogP contribution in [0, 0.1) is 6.92 Å². The monoisotopic (exact) mass is 226 g/mol. The Morgan fingerprint density at radius 3 is 3.12 bits per heavy atom. The summed E-state index contributed by atoms with van der Waals surface area (Å²) in [4.78, 5) is 15.6. The highest BCUT2D eigenvalue weighted by atomic mass is 16.5. The number of aromatic nitrogens is 2. The van der Waals surface area contributed by atoms with Crippen LogP contribution in [0.2, 0.25) is 0 Å². The fraction of sp³-hybridized carbons (Fsp3) is 0.667.